The third-order valence-corrected chi connectivity index (χ3v) is 16.0. The van der Waals surface area contributed by atoms with E-state index >= 15 is 0 Å². The summed E-state index contributed by atoms with van der Waals surface area (Å²) in [6.45, 7) is 4.67. The highest BCUT2D eigenvalue weighted by molar-refractivity contribution is 7.45. The zero-order chi connectivity index (χ0) is 55.6. The van der Waals surface area contributed by atoms with Gasteiger partial charge in [-0.2, -0.15) is 0 Å². The highest BCUT2D eigenvalue weighted by Gasteiger charge is 2.23. The Morgan fingerprint density at radius 3 is 1.14 bits per heavy atom. The lowest BCUT2D eigenvalue weighted by Crippen LogP contribution is -2.45. The summed E-state index contributed by atoms with van der Waals surface area (Å²) in [6, 6.07) is -0.906. The van der Waals surface area contributed by atoms with Crippen LogP contribution in [0, 0.1) is 0 Å². The van der Waals surface area contributed by atoms with Gasteiger partial charge in [-0.3, -0.25) is 9.36 Å². The summed E-state index contributed by atoms with van der Waals surface area (Å²) in [5.74, 6) is -0.204. The van der Waals surface area contributed by atoms with Crippen LogP contribution >= 0.6 is 7.82 Å². The summed E-state index contributed by atoms with van der Waals surface area (Å²) >= 11 is 0. The van der Waals surface area contributed by atoms with E-state index in [1.165, 1.54) is 257 Å². The molecule has 0 rings (SSSR count). The van der Waals surface area contributed by atoms with Crippen molar-refractivity contribution in [3.63, 3.8) is 0 Å². The van der Waals surface area contributed by atoms with E-state index in [0.29, 0.717) is 17.4 Å². The SMILES string of the molecule is CCCCCCCCCCC/C=C\C/C=C\CCCCCCCCCCCCCCCC(=O)NC(COP(=O)([O-])OCC[N+](C)(C)C)C(O)/C=C/CC/C=C/CCCCCCCCCCCCCCCCCCCCC. The van der Waals surface area contributed by atoms with Crippen LogP contribution in [0.5, 0.6) is 0 Å². The van der Waals surface area contributed by atoms with Gasteiger partial charge in [-0.05, 0) is 64.2 Å². The van der Waals surface area contributed by atoms with Crippen LogP contribution < -0.4 is 10.2 Å². The molecule has 0 bridgehead atoms. The minimum Gasteiger partial charge on any atom is -0.756 e. The number of nitrogens with one attached hydrogen (secondary N) is 1. The fraction of sp³-hybridized carbons (Fsp3) is 0.866. The molecule has 0 spiro atoms. The van der Waals surface area contributed by atoms with Gasteiger partial charge in [0.2, 0.25) is 5.91 Å². The first-order valence-corrected chi connectivity index (χ1v) is 34.5. The Balaban J connectivity index is 4.15. The molecule has 0 fully saturated rings. The monoisotopic (exact) mass is 1090 g/mol. The highest BCUT2D eigenvalue weighted by atomic mass is 31.2. The Morgan fingerprint density at radius 2 is 0.776 bits per heavy atom. The molecular formula is C67H129N2O6P. The number of likely N-dealkylation sites (N-methyl/N-ethyl adjacent to an activating group) is 1. The average molecular weight is 1090 g/mol. The lowest BCUT2D eigenvalue weighted by atomic mass is 10.0. The number of amides is 1. The maximum absolute atomic E-state index is 13.0. The summed E-state index contributed by atoms with van der Waals surface area (Å²) in [5.41, 5.74) is 0. The van der Waals surface area contributed by atoms with Crippen molar-refractivity contribution in [1.29, 1.82) is 0 Å². The van der Waals surface area contributed by atoms with Crippen LogP contribution in [0.2, 0.25) is 0 Å². The second-order valence-corrected chi connectivity index (χ2v) is 25.2. The predicted molar refractivity (Wildman–Crippen MR) is 330 cm³/mol. The molecule has 0 aromatic carbocycles. The first-order valence-electron chi connectivity index (χ1n) is 33.0. The van der Waals surface area contributed by atoms with Crippen molar-refractivity contribution in [1.82, 2.24) is 5.32 Å². The number of unbranched alkanes of at least 4 members (excludes halogenated alkanes) is 42. The van der Waals surface area contributed by atoms with Gasteiger partial charge < -0.3 is 28.8 Å². The van der Waals surface area contributed by atoms with Crippen LogP contribution in [0.4, 0.5) is 0 Å². The number of nitrogens with zero attached hydrogens (tertiary/aromatic N) is 1. The van der Waals surface area contributed by atoms with E-state index in [4.69, 9.17) is 9.05 Å². The number of allylic oxidation sites excluding steroid dienone is 7. The van der Waals surface area contributed by atoms with E-state index in [1.807, 2.05) is 27.2 Å². The number of phosphoric acid groups is 1. The molecule has 3 unspecified atom stereocenters. The fourth-order valence-corrected chi connectivity index (χ4v) is 10.6. The van der Waals surface area contributed by atoms with Gasteiger partial charge in [-0.15, -0.1) is 0 Å². The van der Waals surface area contributed by atoms with Crippen LogP contribution in [-0.4, -0.2) is 68.5 Å². The molecule has 0 radical (unpaired) electrons. The van der Waals surface area contributed by atoms with Gasteiger partial charge in [0.15, 0.2) is 0 Å². The number of carbonyl (C=O) groups is 1. The molecule has 448 valence electrons. The normalized spacial score (nSPS) is 14.0. The third-order valence-electron chi connectivity index (χ3n) is 15.0. The lowest BCUT2D eigenvalue weighted by Gasteiger charge is -2.29. The topological polar surface area (TPSA) is 108 Å². The molecule has 3 atom stereocenters. The fourth-order valence-electron chi connectivity index (χ4n) is 9.85. The number of phosphoric ester groups is 1. The Bertz CT molecular complexity index is 1380. The first kappa shape index (κ1) is 74.5. The predicted octanol–water partition coefficient (Wildman–Crippen LogP) is 20.0. The lowest BCUT2D eigenvalue weighted by molar-refractivity contribution is -0.870. The van der Waals surface area contributed by atoms with E-state index in [9.17, 15) is 19.4 Å². The molecule has 0 aliphatic carbocycles. The summed E-state index contributed by atoms with van der Waals surface area (Å²) in [5, 5.41) is 13.9. The minimum atomic E-state index is -4.61. The zero-order valence-electron chi connectivity index (χ0n) is 51.2. The second kappa shape index (κ2) is 58.1. The van der Waals surface area contributed by atoms with E-state index in [0.717, 1.165) is 44.9 Å². The Labute approximate surface area is 473 Å². The van der Waals surface area contributed by atoms with Crippen molar-refractivity contribution in [3.05, 3.63) is 48.6 Å². The maximum Gasteiger partial charge on any atom is 0.268 e. The van der Waals surface area contributed by atoms with Gasteiger partial charge in [0.1, 0.15) is 13.2 Å². The number of hydrogen-bond donors (Lipinski definition) is 2. The summed E-state index contributed by atoms with van der Waals surface area (Å²) in [4.78, 5) is 25.6. The standard InChI is InChI=1S/C67H129N2O6P/c1-6-8-10-12-14-16-18-20-22-24-26-28-30-32-33-34-35-37-39-41-43-45-47-49-51-53-55-57-59-61-67(71)68-65(64-75-76(72,73)74-63-62-69(3,4)5)66(70)60-58-56-54-52-50-48-46-44-42-40-38-36-31-29-27-25-23-21-19-17-15-13-11-9-7-2/h26,28,32-33,50,52,58,60,65-66,70H,6-25,27,29-31,34-49,51,53-57,59,61-64H2,1-5H3,(H-,68,71,72,73)/b28-26-,33-32-,52-50+,60-58+. The molecule has 76 heavy (non-hydrogen) atoms. The molecule has 9 heteroatoms. The number of quaternary nitrogens is 1. The van der Waals surface area contributed by atoms with Crippen LogP contribution in [-0.2, 0) is 18.4 Å². The van der Waals surface area contributed by atoms with Crippen LogP contribution in [0.3, 0.4) is 0 Å². The van der Waals surface area contributed by atoms with Crippen molar-refractivity contribution in [2.45, 2.75) is 334 Å². The van der Waals surface area contributed by atoms with Crippen LogP contribution in [0.25, 0.3) is 0 Å². The largest absolute Gasteiger partial charge is 0.756 e. The Morgan fingerprint density at radius 1 is 0.461 bits per heavy atom. The number of carbonyl (C=O) groups excluding carboxylic acids is 1. The van der Waals surface area contributed by atoms with Crippen molar-refractivity contribution in [2.24, 2.45) is 0 Å². The van der Waals surface area contributed by atoms with Crippen LogP contribution in [0.15, 0.2) is 48.6 Å². The van der Waals surface area contributed by atoms with E-state index in [1.54, 1.807) is 6.08 Å². The molecular weight excluding hydrogens is 960 g/mol. The van der Waals surface area contributed by atoms with Gasteiger partial charge >= 0.3 is 0 Å². The molecule has 0 aromatic rings. The second-order valence-electron chi connectivity index (χ2n) is 23.8. The maximum atomic E-state index is 13.0. The quantitative estimate of drug-likeness (QED) is 0.0272. The third kappa shape index (κ3) is 60.1. The molecule has 0 saturated carbocycles. The summed E-state index contributed by atoms with van der Waals surface area (Å²) in [7, 11) is 1.25. The average Bonchev–Trinajstić information content (AvgIpc) is 3.38. The highest BCUT2D eigenvalue weighted by Crippen LogP contribution is 2.38. The summed E-state index contributed by atoms with van der Waals surface area (Å²) < 4.78 is 23.4. The molecule has 0 aliphatic heterocycles. The van der Waals surface area contributed by atoms with Crippen molar-refractivity contribution >= 4 is 13.7 Å². The summed E-state index contributed by atoms with van der Waals surface area (Å²) in [6.07, 6.45) is 77.9. The number of hydrogen-bond acceptors (Lipinski definition) is 6. The van der Waals surface area contributed by atoms with E-state index in [-0.39, 0.29) is 12.5 Å². The van der Waals surface area contributed by atoms with Gasteiger partial charge in [0.05, 0.1) is 39.9 Å². The van der Waals surface area contributed by atoms with Crippen molar-refractivity contribution in [2.75, 3.05) is 40.9 Å². The number of aliphatic hydroxyl groups is 1. The molecule has 0 saturated heterocycles. The van der Waals surface area contributed by atoms with E-state index < -0.39 is 26.6 Å². The molecule has 0 aromatic heterocycles. The first-order chi connectivity index (χ1) is 37.0. The Kier molecular flexibility index (Phi) is 56.9. The number of rotatable bonds is 61. The van der Waals surface area contributed by atoms with Gasteiger partial charge in [-0.1, -0.05) is 300 Å². The minimum absolute atomic E-state index is 0.00645. The van der Waals surface area contributed by atoms with E-state index in [2.05, 4.69) is 55.6 Å². The van der Waals surface area contributed by atoms with Gasteiger partial charge in [0.25, 0.3) is 7.82 Å². The van der Waals surface area contributed by atoms with Crippen molar-refractivity contribution in [3.8, 4) is 0 Å². The van der Waals surface area contributed by atoms with Gasteiger partial charge in [0, 0.05) is 6.42 Å². The van der Waals surface area contributed by atoms with Gasteiger partial charge in [-0.25, -0.2) is 0 Å². The van der Waals surface area contributed by atoms with Crippen molar-refractivity contribution < 1.29 is 32.9 Å². The smallest absolute Gasteiger partial charge is 0.268 e. The molecule has 8 nitrogen and oxygen atoms in total. The molecule has 1 amide bonds. The molecule has 2 N–H and O–H groups in total. The number of aliphatic hydroxyl groups excluding tert-OH is 1. The zero-order valence-corrected chi connectivity index (χ0v) is 52.1. The molecule has 0 aliphatic rings. The Hall–Kier alpha value is -1.54. The van der Waals surface area contributed by atoms with Crippen LogP contribution in [0.1, 0.15) is 322 Å². The molecule has 0 heterocycles.